The Balaban J connectivity index is 2.18. The summed E-state index contributed by atoms with van der Waals surface area (Å²) in [5, 5.41) is 2.98. The molecule has 6 heteroatoms. The van der Waals surface area contributed by atoms with Gasteiger partial charge in [-0.05, 0) is 36.2 Å². The van der Waals surface area contributed by atoms with Crippen LogP contribution >= 0.6 is 0 Å². The molecule has 1 aromatic carbocycles. The quantitative estimate of drug-likeness (QED) is 0.919. The van der Waals surface area contributed by atoms with Gasteiger partial charge in [0.1, 0.15) is 5.69 Å². The van der Waals surface area contributed by atoms with Gasteiger partial charge in [0.25, 0.3) is 5.91 Å². The van der Waals surface area contributed by atoms with Crippen molar-refractivity contribution in [2.45, 2.75) is 24.3 Å². The molecular formula is C16H20N2O3S. The number of nitrogens with one attached hydrogen (secondary N) is 1. The van der Waals surface area contributed by atoms with Gasteiger partial charge in [0, 0.05) is 19.5 Å². The minimum Gasteiger partial charge on any atom is -0.347 e. The van der Waals surface area contributed by atoms with E-state index in [9.17, 15) is 13.2 Å². The van der Waals surface area contributed by atoms with Crippen LogP contribution in [0.25, 0.3) is 0 Å². The van der Waals surface area contributed by atoms with Gasteiger partial charge in [-0.25, -0.2) is 8.42 Å². The van der Waals surface area contributed by atoms with Crippen molar-refractivity contribution >= 4 is 15.7 Å². The molecule has 0 radical (unpaired) electrons. The molecule has 0 aliphatic rings. The molecule has 0 bridgehead atoms. The summed E-state index contributed by atoms with van der Waals surface area (Å²) in [5.74, 6) is -0.147. The van der Waals surface area contributed by atoms with Gasteiger partial charge in [0.05, 0.1) is 10.9 Å². The van der Waals surface area contributed by atoms with Crippen molar-refractivity contribution in [1.82, 2.24) is 9.88 Å². The van der Waals surface area contributed by atoms with Crippen LogP contribution in [0.3, 0.4) is 0 Å². The minimum atomic E-state index is -3.21. The molecule has 0 fully saturated rings. The van der Waals surface area contributed by atoms with Crippen LogP contribution in [0.4, 0.5) is 0 Å². The summed E-state index contributed by atoms with van der Waals surface area (Å²) in [4.78, 5) is 12.5. The summed E-state index contributed by atoms with van der Waals surface area (Å²) in [5.41, 5.74) is 1.48. The number of aromatic nitrogens is 1. The van der Waals surface area contributed by atoms with Crippen LogP contribution in [0.5, 0.6) is 0 Å². The van der Waals surface area contributed by atoms with Gasteiger partial charge < -0.3 is 9.88 Å². The summed E-state index contributed by atoms with van der Waals surface area (Å²) in [7, 11) is -1.39. The summed E-state index contributed by atoms with van der Waals surface area (Å²) in [6.45, 7) is 1.97. The lowest BCUT2D eigenvalue weighted by molar-refractivity contribution is 0.0927. The van der Waals surface area contributed by atoms with E-state index in [0.29, 0.717) is 12.1 Å². The molecular weight excluding hydrogens is 300 g/mol. The van der Waals surface area contributed by atoms with Crippen LogP contribution in [-0.2, 0) is 16.9 Å². The monoisotopic (exact) mass is 320 g/mol. The van der Waals surface area contributed by atoms with Crippen LogP contribution in [-0.4, -0.2) is 25.1 Å². The van der Waals surface area contributed by atoms with Crippen molar-refractivity contribution in [3.8, 4) is 0 Å². The molecule has 0 spiro atoms. The molecule has 1 atom stereocenters. The van der Waals surface area contributed by atoms with Gasteiger partial charge >= 0.3 is 0 Å². The van der Waals surface area contributed by atoms with Crippen molar-refractivity contribution in [1.29, 1.82) is 0 Å². The summed E-state index contributed by atoms with van der Waals surface area (Å²) >= 11 is 0. The van der Waals surface area contributed by atoms with E-state index >= 15 is 0 Å². The second-order valence-electron chi connectivity index (χ2n) is 5.28. The Bertz CT molecular complexity index is 761. The number of benzene rings is 1. The van der Waals surface area contributed by atoms with E-state index < -0.39 is 9.84 Å². The molecule has 1 heterocycles. The third-order valence-electron chi connectivity index (χ3n) is 3.60. The molecule has 1 unspecified atom stereocenters. The molecule has 1 amide bonds. The first-order valence-electron chi connectivity index (χ1n) is 7.05. The number of hydrogen-bond donors (Lipinski definition) is 1. The fourth-order valence-corrected chi connectivity index (χ4v) is 2.93. The molecule has 0 saturated heterocycles. The van der Waals surface area contributed by atoms with Crippen molar-refractivity contribution < 1.29 is 13.2 Å². The molecule has 0 aliphatic carbocycles. The van der Waals surface area contributed by atoms with E-state index in [4.69, 9.17) is 0 Å². The van der Waals surface area contributed by atoms with E-state index in [-0.39, 0.29) is 16.8 Å². The zero-order valence-electron chi connectivity index (χ0n) is 12.9. The molecule has 1 aromatic heterocycles. The third-order valence-corrected chi connectivity index (χ3v) is 4.73. The van der Waals surface area contributed by atoms with Crippen LogP contribution in [0.2, 0.25) is 0 Å². The highest BCUT2D eigenvalue weighted by Crippen LogP contribution is 2.19. The van der Waals surface area contributed by atoms with Crippen molar-refractivity contribution in [2.75, 3.05) is 6.26 Å². The predicted octanol–water partition coefficient (Wildman–Crippen LogP) is 2.31. The summed E-state index contributed by atoms with van der Waals surface area (Å²) in [6.07, 6.45) is 3.71. The SMILES string of the molecule is CCC(NC(=O)c1cccn1C)c1ccc(S(C)(=O)=O)cc1. The van der Waals surface area contributed by atoms with E-state index in [1.807, 2.05) is 26.2 Å². The van der Waals surface area contributed by atoms with E-state index in [0.717, 1.165) is 5.56 Å². The molecule has 118 valence electrons. The van der Waals surface area contributed by atoms with Crippen LogP contribution in [0.1, 0.15) is 35.4 Å². The average molecular weight is 320 g/mol. The van der Waals surface area contributed by atoms with Crippen molar-refractivity contribution in [3.05, 3.63) is 53.9 Å². The fraction of sp³-hybridized carbons (Fsp3) is 0.312. The van der Waals surface area contributed by atoms with Crippen molar-refractivity contribution in [3.63, 3.8) is 0 Å². The molecule has 0 aliphatic heterocycles. The lowest BCUT2D eigenvalue weighted by Gasteiger charge is -2.18. The van der Waals surface area contributed by atoms with E-state index in [1.54, 1.807) is 34.9 Å². The maximum Gasteiger partial charge on any atom is 0.268 e. The number of carbonyl (C=O) groups is 1. The number of sulfone groups is 1. The normalized spacial score (nSPS) is 12.9. The first kappa shape index (κ1) is 16.3. The third kappa shape index (κ3) is 3.57. The molecule has 2 aromatic rings. The first-order valence-corrected chi connectivity index (χ1v) is 8.94. The van der Waals surface area contributed by atoms with Crippen LogP contribution in [0, 0.1) is 0 Å². The Hall–Kier alpha value is -2.08. The second-order valence-corrected chi connectivity index (χ2v) is 7.30. The molecule has 1 N–H and O–H groups in total. The van der Waals surface area contributed by atoms with Gasteiger partial charge in [-0.15, -0.1) is 0 Å². The number of nitrogens with zero attached hydrogens (tertiary/aromatic N) is 1. The molecule has 5 nitrogen and oxygen atoms in total. The maximum absolute atomic E-state index is 12.3. The Morgan fingerprint density at radius 3 is 2.32 bits per heavy atom. The smallest absolute Gasteiger partial charge is 0.268 e. The minimum absolute atomic E-state index is 0.147. The Kier molecular flexibility index (Phi) is 4.71. The zero-order chi connectivity index (χ0) is 16.3. The highest BCUT2D eigenvalue weighted by Gasteiger charge is 2.16. The lowest BCUT2D eigenvalue weighted by atomic mass is 10.0. The van der Waals surface area contributed by atoms with E-state index in [1.165, 1.54) is 6.26 Å². The van der Waals surface area contributed by atoms with Crippen LogP contribution < -0.4 is 5.32 Å². The zero-order valence-corrected chi connectivity index (χ0v) is 13.7. The lowest BCUT2D eigenvalue weighted by Crippen LogP contribution is -2.29. The molecule has 22 heavy (non-hydrogen) atoms. The second kappa shape index (κ2) is 6.36. The number of amides is 1. The number of carbonyl (C=O) groups excluding carboxylic acids is 1. The van der Waals surface area contributed by atoms with Crippen molar-refractivity contribution in [2.24, 2.45) is 7.05 Å². The standard InChI is InChI=1S/C16H20N2O3S/c1-4-14(17-16(19)15-6-5-11-18(15)2)12-7-9-13(10-8-12)22(3,20)21/h5-11,14H,4H2,1-3H3,(H,17,19). The predicted molar refractivity (Wildman–Crippen MR) is 85.5 cm³/mol. The van der Waals surface area contributed by atoms with Gasteiger partial charge in [0.2, 0.25) is 0 Å². The summed E-state index contributed by atoms with van der Waals surface area (Å²) in [6, 6.07) is 10.1. The summed E-state index contributed by atoms with van der Waals surface area (Å²) < 4.78 is 24.7. The topological polar surface area (TPSA) is 68.2 Å². The van der Waals surface area contributed by atoms with Crippen LogP contribution in [0.15, 0.2) is 47.5 Å². The Morgan fingerprint density at radius 2 is 1.86 bits per heavy atom. The number of hydrogen-bond acceptors (Lipinski definition) is 3. The first-order chi connectivity index (χ1) is 10.3. The van der Waals surface area contributed by atoms with Gasteiger partial charge in [-0.1, -0.05) is 19.1 Å². The highest BCUT2D eigenvalue weighted by atomic mass is 32.2. The Labute approximate surface area is 130 Å². The number of aryl methyl sites for hydroxylation is 1. The fourth-order valence-electron chi connectivity index (χ4n) is 2.30. The largest absolute Gasteiger partial charge is 0.347 e. The van der Waals surface area contributed by atoms with E-state index in [2.05, 4.69) is 5.32 Å². The highest BCUT2D eigenvalue weighted by molar-refractivity contribution is 7.90. The maximum atomic E-state index is 12.3. The average Bonchev–Trinajstić information content (AvgIpc) is 2.90. The van der Waals surface area contributed by atoms with Gasteiger partial charge in [0.15, 0.2) is 9.84 Å². The van der Waals surface area contributed by atoms with Gasteiger partial charge in [-0.2, -0.15) is 0 Å². The van der Waals surface area contributed by atoms with Gasteiger partial charge in [-0.3, -0.25) is 4.79 Å². The molecule has 2 rings (SSSR count). The Morgan fingerprint density at radius 1 is 1.23 bits per heavy atom. The molecule has 0 saturated carbocycles. The number of rotatable bonds is 5.